The van der Waals surface area contributed by atoms with Gasteiger partial charge in [-0.3, -0.25) is 9.59 Å². The van der Waals surface area contributed by atoms with E-state index in [0.29, 0.717) is 11.3 Å². The van der Waals surface area contributed by atoms with Gasteiger partial charge in [-0.05, 0) is 37.6 Å². The molecule has 1 atom stereocenters. The average Bonchev–Trinajstić information content (AvgIpc) is 3.11. The van der Waals surface area contributed by atoms with E-state index in [1.54, 1.807) is 31.2 Å². The van der Waals surface area contributed by atoms with E-state index in [1.165, 1.54) is 14.0 Å². The van der Waals surface area contributed by atoms with Crippen LogP contribution in [0.2, 0.25) is 0 Å². The molecule has 0 saturated heterocycles. The number of carbonyl (C=O) groups is 2. The second-order valence-electron chi connectivity index (χ2n) is 7.34. The topological polar surface area (TPSA) is 86.1 Å². The SMILES string of the molecule is CC(=O)c1nc(-c2cc(O[C@@H](C)C(F)(F)F)c(C(=O)Nc3ccccc3C)cc2F)nn1C. The third-order valence-corrected chi connectivity index (χ3v) is 4.79. The molecule has 0 bridgehead atoms. The number of anilines is 1. The van der Waals surface area contributed by atoms with Crippen LogP contribution in [0.25, 0.3) is 11.4 Å². The van der Waals surface area contributed by atoms with Gasteiger partial charge in [0, 0.05) is 19.7 Å². The molecule has 1 aromatic heterocycles. The van der Waals surface area contributed by atoms with Gasteiger partial charge in [0.25, 0.3) is 5.91 Å². The number of hydrogen-bond donors (Lipinski definition) is 1. The third-order valence-electron chi connectivity index (χ3n) is 4.79. The third kappa shape index (κ3) is 5.18. The van der Waals surface area contributed by atoms with Crippen molar-refractivity contribution in [1.82, 2.24) is 14.8 Å². The lowest BCUT2D eigenvalue weighted by atomic mass is 10.1. The first-order chi connectivity index (χ1) is 15.4. The van der Waals surface area contributed by atoms with Crippen molar-refractivity contribution in [2.45, 2.75) is 33.1 Å². The Hall–Kier alpha value is -3.76. The van der Waals surface area contributed by atoms with Crippen molar-refractivity contribution in [1.29, 1.82) is 0 Å². The second kappa shape index (κ2) is 9.00. The van der Waals surface area contributed by atoms with E-state index >= 15 is 0 Å². The summed E-state index contributed by atoms with van der Waals surface area (Å²) in [5, 5.41) is 6.50. The predicted octanol–water partition coefficient (Wildman–Crippen LogP) is 4.71. The molecule has 1 heterocycles. The number of aromatic nitrogens is 3. The Kier molecular flexibility index (Phi) is 6.52. The van der Waals surface area contributed by atoms with E-state index < -0.39 is 41.1 Å². The van der Waals surface area contributed by atoms with E-state index in [1.807, 2.05) is 0 Å². The summed E-state index contributed by atoms with van der Waals surface area (Å²) in [7, 11) is 1.41. The van der Waals surface area contributed by atoms with E-state index in [4.69, 9.17) is 4.74 Å². The Morgan fingerprint density at radius 1 is 1.18 bits per heavy atom. The van der Waals surface area contributed by atoms with Crippen LogP contribution in [-0.4, -0.2) is 38.7 Å². The summed E-state index contributed by atoms with van der Waals surface area (Å²) >= 11 is 0. The lowest BCUT2D eigenvalue weighted by Crippen LogP contribution is -2.32. The zero-order valence-corrected chi connectivity index (χ0v) is 18.1. The molecule has 1 N–H and O–H groups in total. The van der Waals surface area contributed by atoms with Crippen molar-refractivity contribution >= 4 is 17.4 Å². The number of nitrogens with zero attached hydrogens (tertiary/aromatic N) is 3. The summed E-state index contributed by atoms with van der Waals surface area (Å²) in [4.78, 5) is 28.4. The maximum Gasteiger partial charge on any atom is 0.425 e. The number of amides is 1. The fraction of sp³-hybridized carbons (Fsp3) is 0.273. The van der Waals surface area contributed by atoms with Crippen LogP contribution in [0.3, 0.4) is 0 Å². The summed E-state index contributed by atoms with van der Waals surface area (Å²) in [5.74, 6) is -3.10. The van der Waals surface area contributed by atoms with E-state index in [2.05, 4.69) is 15.4 Å². The summed E-state index contributed by atoms with van der Waals surface area (Å²) in [6.07, 6.45) is -7.02. The number of carbonyl (C=O) groups excluding carboxylic acids is 2. The van der Waals surface area contributed by atoms with E-state index in [-0.39, 0.29) is 17.2 Å². The minimum atomic E-state index is -4.73. The van der Waals surface area contributed by atoms with Gasteiger partial charge < -0.3 is 10.1 Å². The molecule has 174 valence electrons. The van der Waals surface area contributed by atoms with Crippen LogP contribution in [0.1, 0.15) is 40.4 Å². The van der Waals surface area contributed by atoms with Crippen LogP contribution in [-0.2, 0) is 7.05 Å². The second-order valence-corrected chi connectivity index (χ2v) is 7.34. The fourth-order valence-electron chi connectivity index (χ4n) is 2.96. The van der Waals surface area contributed by atoms with Crippen molar-refractivity contribution in [2.24, 2.45) is 7.05 Å². The first kappa shape index (κ1) is 23.9. The Labute approximate surface area is 186 Å². The Morgan fingerprint density at radius 3 is 2.42 bits per heavy atom. The van der Waals surface area contributed by atoms with Crippen LogP contribution >= 0.6 is 0 Å². The first-order valence-electron chi connectivity index (χ1n) is 9.74. The largest absolute Gasteiger partial charge is 0.480 e. The number of rotatable bonds is 6. The highest BCUT2D eigenvalue weighted by atomic mass is 19.4. The highest BCUT2D eigenvalue weighted by Crippen LogP contribution is 2.33. The molecule has 0 radical (unpaired) electrons. The number of nitrogens with one attached hydrogen (secondary N) is 1. The predicted molar refractivity (Wildman–Crippen MR) is 112 cm³/mol. The van der Waals surface area contributed by atoms with Crippen LogP contribution in [0.4, 0.5) is 23.2 Å². The average molecular weight is 464 g/mol. The van der Waals surface area contributed by atoms with Gasteiger partial charge in [-0.25, -0.2) is 14.1 Å². The van der Waals surface area contributed by atoms with Crippen molar-refractivity contribution in [3.63, 3.8) is 0 Å². The molecule has 0 aliphatic carbocycles. The highest BCUT2D eigenvalue weighted by molar-refractivity contribution is 6.07. The minimum Gasteiger partial charge on any atom is -0.480 e. The summed E-state index contributed by atoms with van der Waals surface area (Å²) < 4.78 is 60.6. The van der Waals surface area contributed by atoms with Crippen molar-refractivity contribution in [3.05, 3.63) is 59.2 Å². The fourth-order valence-corrected chi connectivity index (χ4v) is 2.96. The summed E-state index contributed by atoms with van der Waals surface area (Å²) in [6.45, 7) is 3.73. The van der Waals surface area contributed by atoms with Gasteiger partial charge in [-0.1, -0.05) is 18.2 Å². The van der Waals surface area contributed by atoms with E-state index in [0.717, 1.165) is 23.7 Å². The molecule has 1 amide bonds. The molecule has 3 rings (SSSR count). The van der Waals surface area contributed by atoms with Gasteiger partial charge in [0.2, 0.25) is 0 Å². The molecule has 0 unspecified atom stereocenters. The Balaban J connectivity index is 2.09. The number of alkyl halides is 3. The van der Waals surface area contributed by atoms with Gasteiger partial charge in [-0.15, -0.1) is 0 Å². The lowest BCUT2D eigenvalue weighted by Gasteiger charge is -2.20. The van der Waals surface area contributed by atoms with Gasteiger partial charge in [-0.2, -0.15) is 18.3 Å². The molecule has 3 aromatic rings. The summed E-state index contributed by atoms with van der Waals surface area (Å²) in [5.41, 5.74) is 0.330. The van der Waals surface area contributed by atoms with Crippen LogP contribution < -0.4 is 10.1 Å². The zero-order chi connectivity index (χ0) is 24.5. The van der Waals surface area contributed by atoms with Gasteiger partial charge in [0.1, 0.15) is 11.6 Å². The van der Waals surface area contributed by atoms with Gasteiger partial charge in [0.05, 0.1) is 11.1 Å². The molecule has 0 fully saturated rings. The summed E-state index contributed by atoms with van der Waals surface area (Å²) in [6, 6.07) is 8.40. The van der Waals surface area contributed by atoms with E-state index in [9.17, 15) is 27.2 Å². The molecule has 0 aliphatic heterocycles. The zero-order valence-electron chi connectivity index (χ0n) is 18.1. The molecule has 2 aromatic carbocycles. The minimum absolute atomic E-state index is 0.0723. The van der Waals surface area contributed by atoms with Crippen LogP contribution in [0.5, 0.6) is 5.75 Å². The first-order valence-corrected chi connectivity index (χ1v) is 9.74. The maximum atomic E-state index is 15.0. The molecule has 11 heteroatoms. The number of benzene rings is 2. The van der Waals surface area contributed by atoms with Crippen LogP contribution in [0, 0.1) is 12.7 Å². The molecular weight excluding hydrogens is 444 g/mol. The maximum absolute atomic E-state index is 15.0. The standard InChI is InChI=1S/C22H20F4N4O3/c1-11-7-5-6-8-17(11)27-21(32)15-9-16(23)14(10-18(15)33-13(3)22(24,25)26)19-28-20(12(2)31)30(4)29-19/h5-10,13H,1-4H3,(H,27,32)/t13-/m0/s1. The Morgan fingerprint density at radius 2 is 1.85 bits per heavy atom. The smallest absolute Gasteiger partial charge is 0.425 e. The monoisotopic (exact) mass is 464 g/mol. The molecule has 0 spiro atoms. The van der Waals surface area contributed by atoms with Gasteiger partial charge >= 0.3 is 6.18 Å². The van der Waals surface area contributed by atoms with Crippen molar-refractivity contribution in [2.75, 3.05) is 5.32 Å². The number of ketones is 1. The molecule has 7 nitrogen and oxygen atoms in total. The number of Topliss-reactive ketones (excluding diaryl/α,β-unsaturated/α-hetero) is 1. The Bertz CT molecular complexity index is 1220. The van der Waals surface area contributed by atoms with Crippen molar-refractivity contribution < 1.29 is 31.9 Å². The number of aryl methyl sites for hydroxylation is 2. The molecule has 33 heavy (non-hydrogen) atoms. The van der Waals surface area contributed by atoms with Crippen LogP contribution in [0.15, 0.2) is 36.4 Å². The number of para-hydroxylation sites is 1. The molecule has 0 saturated carbocycles. The molecule has 0 aliphatic rings. The number of ether oxygens (including phenoxy) is 1. The number of halogens is 4. The lowest BCUT2D eigenvalue weighted by molar-refractivity contribution is -0.189. The normalized spacial score (nSPS) is 12.4. The molecular formula is C22H20F4N4O3. The van der Waals surface area contributed by atoms with Gasteiger partial charge in [0.15, 0.2) is 23.5 Å². The van der Waals surface area contributed by atoms with Crippen molar-refractivity contribution in [3.8, 4) is 17.1 Å². The number of hydrogen-bond acceptors (Lipinski definition) is 5. The quantitative estimate of drug-likeness (QED) is 0.422. The highest BCUT2D eigenvalue weighted by Gasteiger charge is 2.39.